The van der Waals surface area contributed by atoms with Crippen LogP contribution in [0.25, 0.3) is 0 Å². The Morgan fingerprint density at radius 1 is 1.04 bits per heavy atom. The summed E-state index contributed by atoms with van der Waals surface area (Å²) in [5.41, 5.74) is 2.41. The third-order valence-corrected chi connectivity index (χ3v) is 9.67. The number of hydrogen-bond donors (Lipinski definition) is 5. The molecule has 0 aromatic heterocycles. The van der Waals surface area contributed by atoms with E-state index in [1.807, 2.05) is 30.3 Å². The Bertz CT molecular complexity index is 1430. The van der Waals surface area contributed by atoms with Gasteiger partial charge in [-0.05, 0) is 62.8 Å². The minimum Gasteiger partial charge on any atom is -0.390 e. The minimum atomic E-state index is -3.11. The number of nitrogens with zero attached hydrogens (tertiary/aromatic N) is 1. The molecule has 2 aromatic rings. The number of sulfone groups is 1. The first kappa shape index (κ1) is 35.4. The second-order valence-corrected chi connectivity index (χ2v) is 14.9. The Morgan fingerprint density at radius 3 is 2.46 bits per heavy atom. The molecule has 46 heavy (non-hydrogen) atoms. The zero-order chi connectivity index (χ0) is 33.1. The summed E-state index contributed by atoms with van der Waals surface area (Å²) in [6.45, 7) is 2.78. The third kappa shape index (κ3) is 11.1. The highest BCUT2D eigenvalue weighted by atomic mass is 32.2. The number of hydrogen-bond acceptors (Lipinski definition) is 8. The maximum atomic E-state index is 13.8. The molecule has 2 aliphatic rings. The molecule has 0 radical (unpaired) electrons. The first-order chi connectivity index (χ1) is 22.0. The summed E-state index contributed by atoms with van der Waals surface area (Å²) in [6.07, 6.45) is 7.49. The summed E-state index contributed by atoms with van der Waals surface area (Å²) >= 11 is 0. The smallest absolute Gasteiger partial charge is 0.251 e. The molecule has 1 saturated carbocycles. The molecule has 11 nitrogen and oxygen atoms in total. The van der Waals surface area contributed by atoms with Crippen molar-refractivity contribution in [3.8, 4) is 0 Å². The average molecular weight is 656 g/mol. The molecule has 3 atom stereocenters. The fraction of sp³-hybridized carbons (Fsp3) is 0.559. The number of aliphatic hydroxyl groups is 1. The lowest BCUT2D eigenvalue weighted by atomic mass is 9.95. The SMILES string of the molecule is C[C@H](NC[C@@H](O)[C@H](Cc1ccccc1)NC(=O)c1cc(NCCCS(C)(=O)=O)cc(N2CCCC2=O)c1)C(=O)NC1CCCCC1. The van der Waals surface area contributed by atoms with Crippen LogP contribution in [0.1, 0.15) is 74.2 Å². The normalized spacial score (nSPS) is 17.7. The van der Waals surface area contributed by atoms with Gasteiger partial charge in [0, 0.05) is 55.3 Å². The Hall–Kier alpha value is -3.48. The summed E-state index contributed by atoms with van der Waals surface area (Å²) in [5.74, 6) is -0.514. The molecule has 0 spiro atoms. The van der Waals surface area contributed by atoms with Gasteiger partial charge in [-0.15, -0.1) is 0 Å². The van der Waals surface area contributed by atoms with Crippen molar-refractivity contribution in [1.82, 2.24) is 16.0 Å². The molecule has 1 heterocycles. The maximum absolute atomic E-state index is 13.8. The number of aliphatic hydroxyl groups excluding tert-OH is 1. The van der Waals surface area contributed by atoms with E-state index in [1.54, 1.807) is 30.0 Å². The second-order valence-electron chi connectivity index (χ2n) is 12.6. The summed E-state index contributed by atoms with van der Waals surface area (Å²) in [6, 6.07) is 13.7. The fourth-order valence-electron chi connectivity index (χ4n) is 6.00. The predicted molar refractivity (Wildman–Crippen MR) is 181 cm³/mol. The van der Waals surface area contributed by atoms with Crippen LogP contribution in [0.15, 0.2) is 48.5 Å². The van der Waals surface area contributed by atoms with E-state index < -0.39 is 33.9 Å². The average Bonchev–Trinajstić information content (AvgIpc) is 3.47. The topological polar surface area (TPSA) is 157 Å². The largest absolute Gasteiger partial charge is 0.390 e. The van der Waals surface area contributed by atoms with Crippen molar-refractivity contribution in [2.24, 2.45) is 0 Å². The van der Waals surface area contributed by atoms with Crippen LogP contribution in [0.3, 0.4) is 0 Å². The van der Waals surface area contributed by atoms with E-state index in [0.717, 1.165) is 37.7 Å². The van der Waals surface area contributed by atoms with Crippen LogP contribution in [0, 0.1) is 0 Å². The molecular weight excluding hydrogens is 606 g/mol. The van der Waals surface area contributed by atoms with Crippen molar-refractivity contribution >= 4 is 38.9 Å². The zero-order valence-corrected chi connectivity index (χ0v) is 27.8. The molecule has 0 unspecified atom stereocenters. The molecule has 1 aliphatic heterocycles. The number of amides is 3. The summed E-state index contributed by atoms with van der Waals surface area (Å²) in [5, 5.41) is 23.8. The quantitative estimate of drug-likeness (QED) is 0.173. The summed E-state index contributed by atoms with van der Waals surface area (Å²) < 4.78 is 23.1. The molecular formula is C34H49N5O6S. The maximum Gasteiger partial charge on any atom is 0.251 e. The van der Waals surface area contributed by atoms with E-state index in [2.05, 4.69) is 21.3 Å². The number of benzene rings is 2. The Kier molecular flexibility index (Phi) is 13.0. The first-order valence-electron chi connectivity index (χ1n) is 16.4. The van der Waals surface area contributed by atoms with E-state index in [-0.39, 0.29) is 30.2 Å². The number of anilines is 2. The van der Waals surface area contributed by atoms with Gasteiger partial charge in [-0.3, -0.25) is 14.4 Å². The van der Waals surface area contributed by atoms with Gasteiger partial charge in [-0.1, -0.05) is 49.6 Å². The molecule has 12 heteroatoms. The molecule has 3 amide bonds. The van der Waals surface area contributed by atoms with Crippen LogP contribution >= 0.6 is 0 Å². The van der Waals surface area contributed by atoms with Crippen LogP contribution in [-0.2, 0) is 25.8 Å². The van der Waals surface area contributed by atoms with Crippen LogP contribution < -0.4 is 26.2 Å². The summed E-state index contributed by atoms with van der Waals surface area (Å²) in [4.78, 5) is 40.8. The lowest BCUT2D eigenvalue weighted by molar-refractivity contribution is -0.123. The van der Waals surface area contributed by atoms with Crippen molar-refractivity contribution in [1.29, 1.82) is 0 Å². The standard InChI is InChI=1S/C34H49N5O6S/c1-24(33(42)37-27-13-7-4-8-14-27)36-23-31(40)30(19-25-11-5-3-6-12-25)38-34(43)26-20-28(35-16-10-18-46(2,44)45)22-29(21-26)39-17-9-15-32(39)41/h3,5-6,11-12,20-22,24,27,30-31,35-36,40H,4,7-10,13-19,23H2,1-2H3,(H,37,42)(H,38,43)/t24-,30-,31+/m0/s1. The van der Waals surface area contributed by atoms with Crippen molar-refractivity contribution in [2.45, 2.75) is 88.9 Å². The van der Waals surface area contributed by atoms with Gasteiger partial charge in [-0.2, -0.15) is 0 Å². The Balaban J connectivity index is 1.47. The number of carbonyl (C=O) groups excluding carboxylic acids is 3. The Labute approximate surface area is 272 Å². The van der Waals surface area contributed by atoms with Crippen LogP contribution in [0.2, 0.25) is 0 Å². The monoisotopic (exact) mass is 655 g/mol. The number of nitrogens with one attached hydrogen (secondary N) is 4. The van der Waals surface area contributed by atoms with Gasteiger partial charge >= 0.3 is 0 Å². The second kappa shape index (κ2) is 16.9. The fourth-order valence-corrected chi connectivity index (χ4v) is 6.67. The zero-order valence-electron chi connectivity index (χ0n) is 27.0. The van der Waals surface area contributed by atoms with Crippen molar-refractivity contribution in [3.05, 3.63) is 59.7 Å². The van der Waals surface area contributed by atoms with E-state index in [0.29, 0.717) is 49.3 Å². The predicted octanol–water partition coefficient (Wildman–Crippen LogP) is 2.79. The lowest BCUT2D eigenvalue weighted by Crippen LogP contribution is -2.53. The Morgan fingerprint density at radius 2 is 1.78 bits per heavy atom. The first-order valence-corrected chi connectivity index (χ1v) is 18.5. The summed E-state index contributed by atoms with van der Waals surface area (Å²) in [7, 11) is -3.11. The van der Waals surface area contributed by atoms with Gasteiger partial charge in [0.2, 0.25) is 11.8 Å². The van der Waals surface area contributed by atoms with E-state index in [4.69, 9.17) is 0 Å². The van der Waals surface area contributed by atoms with E-state index >= 15 is 0 Å². The highest BCUT2D eigenvalue weighted by molar-refractivity contribution is 7.90. The highest BCUT2D eigenvalue weighted by Gasteiger charge is 2.27. The molecule has 5 N–H and O–H groups in total. The van der Waals surface area contributed by atoms with Gasteiger partial charge in [0.25, 0.3) is 5.91 Å². The van der Waals surface area contributed by atoms with E-state index in [9.17, 15) is 27.9 Å². The van der Waals surface area contributed by atoms with Crippen LogP contribution in [0.5, 0.6) is 0 Å². The molecule has 4 rings (SSSR count). The van der Waals surface area contributed by atoms with Gasteiger partial charge < -0.3 is 31.3 Å². The molecule has 1 aliphatic carbocycles. The van der Waals surface area contributed by atoms with Gasteiger partial charge in [0.15, 0.2) is 0 Å². The van der Waals surface area contributed by atoms with Gasteiger partial charge in [0.05, 0.1) is 23.9 Å². The van der Waals surface area contributed by atoms with E-state index in [1.165, 1.54) is 12.7 Å². The van der Waals surface area contributed by atoms with Crippen molar-refractivity contribution in [3.63, 3.8) is 0 Å². The third-order valence-electron chi connectivity index (χ3n) is 8.64. The number of rotatable bonds is 16. The molecule has 252 valence electrons. The van der Waals surface area contributed by atoms with Crippen molar-refractivity contribution in [2.75, 3.05) is 41.9 Å². The van der Waals surface area contributed by atoms with Gasteiger partial charge in [-0.25, -0.2) is 8.42 Å². The lowest BCUT2D eigenvalue weighted by Gasteiger charge is -2.28. The van der Waals surface area contributed by atoms with Crippen LogP contribution in [-0.4, -0.2) is 87.1 Å². The molecule has 2 aromatic carbocycles. The van der Waals surface area contributed by atoms with Crippen molar-refractivity contribution < 1.29 is 27.9 Å². The van der Waals surface area contributed by atoms with Gasteiger partial charge in [0.1, 0.15) is 9.84 Å². The highest BCUT2D eigenvalue weighted by Crippen LogP contribution is 2.27. The van der Waals surface area contributed by atoms with Crippen LogP contribution in [0.4, 0.5) is 11.4 Å². The molecule has 0 bridgehead atoms. The minimum absolute atomic E-state index is 0.0225. The molecule has 2 fully saturated rings. The molecule has 1 saturated heterocycles. The number of carbonyl (C=O) groups is 3.